The zero-order chi connectivity index (χ0) is 14.4. The van der Waals surface area contributed by atoms with Crippen molar-refractivity contribution >= 4 is 0 Å². The molecular weight excluding hydrogens is 250 g/mol. The monoisotopic (exact) mass is 281 g/mol. The molecule has 1 fully saturated rings. The first-order valence-electron chi connectivity index (χ1n) is 8.17. The van der Waals surface area contributed by atoms with Crippen molar-refractivity contribution in [2.24, 2.45) is 0 Å². The van der Waals surface area contributed by atoms with E-state index < -0.39 is 0 Å². The third kappa shape index (κ3) is 4.21. The third-order valence-electron chi connectivity index (χ3n) is 4.38. The summed E-state index contributed by atoms with van der Waals surface area (Å²) in [5.74, 6) is 1.18. The maximum atomic E-state index is 5.97. The molecule has 2 atom stereocenters. The lowest BCUT2D eigenvalue weighted by Gasteiger charge is -2.37. The first-order chi connectivity index (χ1) is 9.72. The van der Waals surface area contributed by atoms with Gasteiger partial charge < -0.3 is 19.9 Å². The molecule has 1 saturated heterocycles. The van der Waals surface area contributed by atoms with Gasteiger partial charge in [-0.1, -0.05) is 6.92 Å². The van der Waals surface area contributed by atoms with Crippen molar-refractivity contribution < 1.29 is 4.74 Å². The lowest BCUT2D eigenvalue weighted by Crippen LogP contribution is -2.53. The first kappa shape index (κ1) is 15.8. The van der Waals surface area contributed by atoms with Crippen LogP contribution in [0.3, 0.4) is 0 Å². The van der Waals surface area contributed by atoms with Crippen LogP contribution in [0.4, 0.5) is 0 Å². The van der Waals surface area contributed by atoms with E-state index in [9.17, 15) is 0 Å². The molecule has 0 aromatic heterocycles. The predicted molar refractivity (Wildman–Crippen MR) is 83.9 cm³/mol. The summed E-state index contributed by atoms with van der Waals surface area (Å²) in [6, 6.07) is 0.833. The van der Waals surface area contributed by atoms with Crippen LogP contribution in [-0.2, 0) is 4.74 Å². The Morgan fingerprint density at radius 1 is 1.35 bits per heavy atom. The molecule has 0 spiro atoms. The summed E-state index contributed by atoms with van der Waals surface area (Å²) in [4.78, 5) is 4.97. The lowest BCUT2D eigenvalue weighted by molar-refractivity contribution is 0.118. The fourth-order valence-electron chi connectivity index (χ4n) is 3.19. The molecule has 0 aromatic rings. The SMILES string of the molecule is CCCNC(C1=CCCCO1)C1CN(C)CCCN1C. The quantitative estimate of drug-likeness (QED) is 0.830. The molecule has 0 aliphatic carbocycles. The molecular formula is C16H31N3O. The van der Waals surface area contributed by atoms with Gasteiger partial charge in [-0.15, -0.1) is 0 Å². The number of allylic oxidation sites excluding steroid dienone is 1. The number of hydrogen-bond acceptors (Lipinski definition) is 4. The number of nitrogens with zero attached hydrogens (tertiary/aromatic N) is 2. The molecule has 2 rings (SSSR count). The van der Waals surface area contributed by atoms with Crippen molar-refractivity contribution in [2.45, 2.75) is 44.7 Å². The Kier molecular flexibility index (Phi) is 6.33. The zero-order valence-electron chi connectivity index (χ0n) is 13.4. The molecule has 4 nitrogen and oxygen atoms in total. The Balaban J connectivity index is 2.12. The molecule has 0 saturated carbocycles. The Bertz CT molecular complexity index is 319. The van der Waals surface area contributed by atoms with E-state index in [1.54, 1.807) is 0 Å². The standard InChI is InChI=1S/C16H31N3O/c1-4-9-17-16(15-8-5-6-12-20-15)14-13-18(2)10-7-11-19(14)3/h8,14,16-17H,4-7,9-13H2,1-3H3. The van der Waals surface area contributed by atoms with E-state index in [0.29, 0.717) is 12.1 Å². The van der Waals surface area contributed by atoms with Crippen LogP contribution in [0.25, 0.3) is 0 Å². The van der Waals surface area contributed by atoms with Crippen LogP contribution < -0.4 is 5.32 Å². The average Bonchev–Trinajstić information content (AvgIpc) is 2.62. The van der Waals surface area contributed by atoms with E-state index in [4.69, 9.17) is 4.74 Å². The molecule has 2 aliphatic heterocycles. The molecule has 2 aliphatic rings. The van der Waals surface area contributed by atoms with E-state index in [1.807, 2.05) is 0 Å². The maximum Gasteiger partial charge on any atom is 0.111 e. The molecule has 116 valence electrons. The van der Waals surface area contributed by atoms with E-state index in [0.717, 1.165) is 39.0 Å². The van der Waals surface area contributed by atoms with Gasteiger partial charge in [0.1, 0.15) is 5.76 Å². The number of rotatable bonds is 5. The van der Waals surface area contributed by atoms with Crippen molar-refractivity contribution in [3.63, 3.8) is 0 Å². The molecule has 4 heteroatoms. The fourth-order valence-corrected chi connectivity index (χ4v) is 3.19. The Labute approximate surface area is 124 Å². The van der Waals surface area contributed by atoms with Crippen molar-refractivity contribution in [1.29, 1.82) is 0 Å². The second kappa shape index (κ2) is 8.01. The highest BCUT2D eigenvalue weighted by Crippen LogP contribution is 2.21. The Morgan fingerprint density at radius 2 is 2.20 bits per heavy atom. The third-order valence-corrected chi connectivity index (χ3v) is 4.38. The van der Waals surface area contributed by atoms with Gasteiger partial charge in [0, 0.05) is 12.6 Å². The second-order valence-corrected chi connectivity index (χ2v) is 6.19. The van der Waals surface area contributed by atoms with Crippen LogP contribution in [0.1, 0.15) is 32.6 Å². The minimum absolute atomic E-state index is 0.334. The normalized spacial score (nSPS) is 27.6. The highest BCUT2D eigenvalue weighted by atomic mass is 16.5. The van der Waals surface area contributed by atoms with Crippen molar-refractivity contribution in [3.05, 3.63) is 11.8 Å². The van der Waals surface area contributed by atoms with Gasteiger partial charge in [0.05, 0.1) is 12.6 Å². The van der Waals surface area contributed by atoms with Crippen LogP contribution in [0.15, 0.2) is 11.8 Å². The molecule has 0 radical (unpaired) electrons. The van der Waals surface area contributed by atoms with Gasteiger partial charge in [-0.05, 0) is 65.5 Å². The van der Waals surface area contributed by atoms with Gasteiger partial charge in [0.2, 0.25) is 0 Å². The smallest absolute Gasteiger partial charge is 0.111 e. The first-order valence-corrected chi connectivity index (χ1v) is 8.17. The largest absolute Gasteiger partial charge is 0.497 e. The van der Waals surface area contributed by atoms with E-state index >= 15 is 0 Å². The van der Waals surface area contributed by atoms with Crippen molar-refractivity contribution in [2.75, 3.05) is 46.9 Å². The van der Waals surface area contributed by atoms with Crippen molar-refractivity contribution in [3.8, 4) is 0 Å². The molecule has 20 heavy (non-hydrogen) atoms. The van der Waals surface area contributed by atoms with E-state index in [-0.39, 0.29) is 0 Å². The lowest BCUT2D eigenvalue weighted by atomic mass is 10.0. The molecule has 0 amide bonds. The van der Waals surface area contributed by atoms with Gasteiger partial charge in [-0.25, -0.2) is 0 Å². The van der Waals surface area contributed by atoms with Crippen LogP contribution >= 0.6 is 0 Å². The van der Waals surface area contributed by atoms with Crippen LogP contribution in [0, 0.1) is 0 Å². The predicted octanol–water partition coefficient (Wildman–Crippen LogP) is 1.68. The maximum absolute atomic E-state index is 5.97. The van der Waals surface area contributed by atoms with Gasteiger partial charge in [-0.3, -0.25) is 0 Å². The van der Waals surface area contributed by atoms with Gasteiger partial charge in [-0.2, -0.15) is 0 Å². The second-order valence-electron chi connectivity index (χ2n) is 6.19. The van der Waals surface area contributed by atoms with E-state index in [1.165, 1.54) is 25.3 Å². The summed E-state index contributed by atoms with van der Waals surface area (Å²) >= 11 is 0. The molecule has 0 bridgehead atoms. The Morgan fingerprint density at radius 3 is 2.90 bits per heavy atom. The number of nitrogens with one attached hydrogen (secondary N) is 1. The van der Waals surface area contributed by atoms with Crippen molar-refractivity contribution in [1.82, 2.24) is 15.1 Å². The average molecular weight is 281 g/mol. The van der Waals surface area contributed by atoms with Gasteiger partial charge in [0.25, 0.3) is 0 Å². The molecule has 1 N–H and O–H groups in total. The van der Waals surface area contributed by atoms with Gasteiger partial charge in [0.15, 0.2) is 0 Å². The number of likely N-dealkylation sites (N-methyl/N-ethyl adjacent to an activating group) is 2. The number of ether oxygens (including phenoxy) is 1. The highest BCUT2D eigenvalue weighted by molar-refractivity contribution is 5.11. The summed E-state index contributed by atoms with van der Waals surface area (Å²) in [6.07, 6.45) is 7.03. The highest BCUT2D eigenvalue weighted by Gasteiger charge is 2.32. The summed E-state index contributed by atoms with van der Waals surface area (Å²) in [5.41, 5.74) is 0. The summed E-state index contributed by atoms with van der Waals surface area (Å²) in [7, 11) is 4.49. The number of hydrogen-bond donors (Lipinski definition) is 1. The van der Waals surface area contributed by atoms with Crippen LogP contribution in [0.2, 0.25) is 0 Å². The Hall–Kier alpha value is -0.580. The van der Waals surface area contributed by atoms with Gasteiger partial charge >= 0.3 is 0 Å². The van der Waals surface area contributed by atoms with E-state index in [2.05, 4.69) is 42.2 Å². The minimum Gasteiger partial charge on any atom is -0.497 e. The summed E-state index contributed by atoms with van der Waals surface area (Å²) in [5, 5.41) is 3.73. The summed E-state index contributed by atoms with van der Waals surface area (Å²) < 4.78 is 5.97. The summed E-state index contributed by atoms with van der Waals surface area (Å²) in [6.45, 7) is 7.64. The minimum atomic E-state index is 0.334. The molecule has 2 unspecified atom stereocenters. The van der Waals surface area contributed by atoms with Crippen LogP contribution in [-0.4, -0.2) is 68.8 Å². The topological polar surface area (TPSA) is 27.7 Å². The zero-order valence-corrected chi connectivity index (χ0v) is 13.4. The molecule has 2 heterocycles. The molecule has 0 aromatic carbocycles. The fraction of sp³-hybridized carbons (Fsp3) is 0.875. The van der Waals surface area contributed by atoms with Crippen LogP contribution in [0.5, 0.6) is 0 Å².